The first-order valence-electron chi connectivity index (χ1n) is 5.76. The second kappa shape index (κ2) is 5.25. The highest BCUT2D eigenvalue weighted by Crippen LogP contribution is 2.27. The lowest BCUT2D eigenvalue weighted by molar-refractivity contribution is 0.186. The Morgan fingerprint density at radius 1 is 1.45 bits per heavy atom. The van der Waals surface area contributed by atoms with Gasteiger partial charge in [0.05, 0.1) is 18.1 Å². The number of benzene rings is 1. The second-order valence-corrected chi connectivity index (χ2v) is 4.94. The number of carbonyl (C=O) groups excluding carboxylic acids is 1. The molecule has 2 heterocycles. The number of nitrogens with zero attached hydrogens (tertiary/aromatic N) is 2. The van der Waals surface area contributed by atoms with Crippen molar-refractivity contribution in [1.82, 2.24) is 19.9 Å². The largest absolute Gasteiger partial charge is 0.453 e. The van der Waals surface area contributed by atoms with Crippen LogP contribution in [0.2, 0.25) is 0 Å². The molecule has 0 atom stereocenters. The Labute approximate surface area is 118 Å². The van der Waals surface area contributed by atoms with E-state index in [1.165, 1.54) is 18.9 Å². The Bertz CT molecular complexity index is 737. The van der Waals surface area contributed by atoms with Gasteiger partial charge in [-0.15, -0.1) is 0 Å². The summed E-state index contributed by atoms with van der Waals surface area (Å²) in [5, 5.41) is 3.31. The van der Waals surface area contributed by atoms with Crippen molar-refractivity contribution >= 4 is 34.8 Å². The van der Waals surface area contributed by atoms with E-state index in [2.05, 4.69) is 30.0 Å². The van der Waals surface area contributed by atoms with E-state index < -0.39 is 6.09 Å². The minimum absolute atomic E-state index is 0.354. The molecule has 7 nitrogen and oxygen atoms in total. The number of aromatic nitrogens is 4. The first kappa shape index (κ1) is 12.5. The second-order valence-electron chi connectivity index (χ2n) is 3.88. The van der Waals surface area contributed by atoms with Crippen molar-refractivity contribution in [1.29, 1.82) is 0 Å². The molecule has 0 bridgehead atoms. The maximum Gasteiger partial charge on any atom is 0.413 e. The number of nitrogens with one attached hydrogen (secondary N) is 3. The Hall–Kier alpha value is -2.48. The lowest BCUT2D eigenvalue weighted by Crippen LogP contribution is -2.11. The highest BCUT2D eigenvalue weighted by atomic mass is 32.2. The summed E-state index contributed by atoms with van der Waals surface area (Å²) in [7, 11) is 1.30. The number of aromatic amines is 2. The summed E-state index contributed by atoms with van der Waals surface area (Å²) in [6, 6.07) is 5.77. The Kier molecular flexibility index (Phi) is 3.30. The minimum Gasteiger partial charge on any atom is -0.453 e. The number of fused-ring (bicyclic) bond motifs is 1. The summed E-state index contributed by atoms with van der Waals surface area (Å²) >= 11 is 1.50. The standard InChI is InChI=1S/C12H11N5O2S/c1-19-12(18)17-10-15-8-3-2-7(6-9(8)16-10)20-11-13-4-5-14-11/h2-6H,1H3,(H,13,14)(H2,15,16,17,18). The number of H-pyrrole nitrogens is 2. The molecule has 1 aromatic carbocycles. The van der Waals surface area contributed by atoms with Gasteiger partial charge in [0, 0.05) is 17.3 Å². The van der Waals surface area contributed by atoms with Crippen LogP contribution in [-0.2, 0) is 4.74 Å². The van der Waals surface area contributed by atoms with Gasteiger partial charge in [-0.05, 0) is 18.2 Å². The molecule has 102 valence electrons. The fraction of sp³-hybridized carbons (Fsp3) is 0.0833. The van der Waals surface area contributed by atoms with Crippen molar-refractivity contribution in [3.8, 4) is 0 Å². The Morgan fingerprint density at radius 3 is 3.10 bits per heavy atom. The van der Waals surface area contributed by atoms with Gasteiger partial charge in [-0.2, -0.15) is 0 Å². The first-order valence-corrected chi connectivity index (χ1v) is 6.58. The summed E-state index contributed by atoms with van der Waals surface area (Å²) in [4.78, 5) is 26.6. The van der Waals surface area contributed by atoms with Crippen LogP contribution in [0.25, 0.3) is 11.0 Å². The van der Waals surface area contributed by atoms with Gasteiger partial charge < -0.3 is 14.7 Å². The minimum atomic E-state index is -0.561. The summed E-state index contributed by atoms with van der Waals surface area (Å²) in [5.41, 5.74) is 1.59. The van der Waals surface area contributed by atoms with Gasteiger partial charge in [0.25, 0.3) is 0 Å². The SMILES string of the molecule is COC(=O)Nc1nc2cc(Sc3ncc[nH]3)ccc2[nH]1. The molecule has 0 saturated carbocycles. The van der Waals surface area contributed by atoms with Crippen molar-refractivity contribution in [3.63, 3.8) is 0 Å². The molecule has 0 aliphatic rings. The van der Waals surface area contributed by atoms with Crippen molar-refractivity contribution in [2.45, 2.75) is 10.1 Å². The maximum atomic E-state index is 11.1. The topological polar surface area (TPSA) is 95.7 Å². The number of anilines is 1. The lowest BCUT2D eigenvalue weighted by atomic mass is 10.3. The van der Waals surface area contributed by atoms with Crippen molar-refractivity contribution < 1.29 is 9.53 Å². The molecule has 20 heavy (non-hydrogen) atoms. The average Bonchev–Trinajstić information content (AvgIpc) is 3.07. The van der Waals surface area contributed by atoms with E-state index in [-0.39, 0.29) is 0 Å². The number of carbonyl (C=O) groups is 1. The molecule has 3 rings (SSSR count). The molecular weight excluding hydrogens is 278 g/mol. The number of hydrogen-bond donors (Lipinski definition) is 3. The average molecular weight is 289 g/mol. The summed E-state index contributed by atoms with van der Waals surface area (Å²) in [5.74, 6) is 0.354. The molecule has 0 aliphatic carbocycles. The monoisotopic (exact) mass is 289 g/mol. The van der Waals surface area contributed by atoms with E-state index in [9.17, 15) is 4.79 Å². The van der Waals surface area contributed by atoms with Crippen LogP contribution in [0.5, 0.6) is 0 Å². The van der Waals surface area contributed by atoms with E-state index in [1.807, 2.05) is 18.2 Å². The first-order chi connectivity index (χ1) is 9.74. The molecular formula is C12H11N5O2S. The van der Waals surface area contributed by atoms with Gasteiger partial charge in [-0.1, -0.05) is 11.8 Å². The van der Waals surface area contributed by atoms with Crippen LogP contribution in [0.15, 0.2) is 40.6 Å². The lowest BCUT2D eigenvalue weighted by Gasteiger charge is -1.97. The third-order valence-corrected chi connectivity index (χ3v) is 3.45. The fourth-order valence-electron chi connectivity index (χ4n) is 1.67. The van der Waals surface area contributed by atoms with E-state index in [1.54, 1.807) is 12.4 Å². The van der Waals surface area contributed by atoms with Crippen molar-refractivity contribution in [2.75, 3.05) is 12.4 Å². The van der Waals surface area contributed by atoms with Gasteiger partial charge in [0.2, 0.25) is 5.95 Å². The van der Waals surface area contributed by atoms with Crippen LogP contribution in [0.1, 0.15) is 0 Å². The van der Waals surface area contributed by atoms with E-state index in [0.29, 0.717) is 5.95 Å². The number of rotatable bonds is 3. The third kappa shape index (κ3) is 2.59. The zero-order chi connectivity index (χ0) is 13.9. The molecule has 3 aromatic rings. The van der Waals surface area contributed by atoms with Gasteiger partial charge in [-0.3, -0.25) is 5.32 Å². The fourth-order valence-corrected chi connectivity index (χ4v) is 2.44. The molecule has 0 unspecified atom stereocenters. The van der Waals surface area contributed by atoms with E-state index >= 15 is 0 Å². The zero-order valence-corrected chi connectivity index (χ0v) is 11.3. The van der Waals surface area contributed by atoms with Gasteiger partial charge in [0.15, 0.2) is 5.16 Å². The third-order valence-electron chi connectivity index (χ3n) is 2.55. The van der Waals surface area contributed by atoms with Gasteiger partial charge >= 0.3 is 6.09 Å². The highest BCUT2D eigenvalue weighted by molar-refractivity contribution is 7.99. The molecule has 0 spiro atoms. The van der Waals surface area contributed by atoms with Crippen LogP contribution in [0.4, 0.5) is 10.7 Å². The van der Waals surface area contributed by atoms with Crippen LogP contribution < -0.4 is 5.32 Å². The molecule has 0 saturated heterocycles. The molecule has 1 amide bonds. The highest BCUT2D eigenvalue weighted by Gasteiger charge is 2.08. The molecule has 2 aromatic heterocycles. The molecule has 0 aliphatic heterocycles. The van der Waals surface area contributed by atoms with Crippen molar-refractivity contribution in [3.05, 3.63) is 30.6 Å². The zero-order valence-electron chi connectivity index (χ0n) is 10.5. The number of hydrogen-bond acceptors (Lipinski definition) is 5. The predicted molar refractivity (Wildman–Crippen MR) is 74.8 cm³/mol. The number of ether oxygens (including phenoxy) is 1. The smallest absolute Gasteiger partial charge is 0.413 e. The van der Waals surface area contributed by atoms with E-state index in [0.717, 1.165) is 21.1 Å². The summed E-state index contributed by atoms with van der Waals surface area (Å²) < 4.78 is 4.52. The molecule has 0 fully saturated rings. The van der Waals surface area contributed by atoms with Crippen molar-refractivity contribution in [2.24, 2.45) is 0 Å². The normalized spacial score (nSPS) is 10.7. The molecule has 0 radical (unpaired) electrons. The van der Waals surface area contributed by atoms with Gasteiger partial charge in [-0.25, -0.2) is 14.8 Å². The van der Waals surface area contributed by atoms with Crippen LogP contribution in [0.3, 0.4) is 0 Å². The number of methoxy groups -OCH3 is 1. The Balaban J connectivity index is 1.85. The predicted octanol–water partition coefficient (Wildman–Crippen LogP) is 2.62. The van der Waals surface area contributed by atoms with Crippen LogP contribution in [-0.4, -0.2) is 33.1 Å². The molecule has 3 N–H and O–H groups in total. The Morgan fingerprint density at radius 2 is 2.35 bits per heavy atom. The maximum absolute atomic E-state index is 11.1. The summed E-state index contributed by atoms with van der Waals surface area (Å²) in [6.07, 6.45) is 2.91. The quantitative estimate of drug-likeness (QED) is 0.689. The number of imidazole rings is 2. The molecule has 8 heteroatoms. The van der Waals surface area contributed by atoms with Gasteiger partial charge in [0.1, 0.15) is 0 Å². The number of amides is 1. The van der Waals surface area contributed by atoms with Crippen LogP contribution in [0, 0.1) is 0 Å². The summed E-state index contributed by atoms with van der Waals surface area (Å²) in [6.45, 7) is 0. The van der Waals surface area contributed by atoms with Crippen LogP contribution >= 0.6 is 11.8 Å². The van der Waals surface area contributed by atoms with E-state index in [4.69, 9.17) is 0 Å².